The fourth-order valence-corrected chi connectivity index (χ4v) is 4.57. The van der Waals surface area contributed by atoms with Gasteiger partial charge in [-0.1, -0.05) is 30.7 Å². The minimum absolute atomic E-state index is 0.0451. The molecule has 0 saturated heterocycles. The Hall–Kier alpha value is -2.46. The zero-order chi connectivity index (χ0) is 20.5. The van der Waals surface area contributed by atoms with Gasteiger partial charge in [0.2, 0.25) is 0 Å². The minimum atomic E-state index is -0.239. The van der Waals surface area contributed by atoms with Crippen molar-refractivity contribution >= 4 is 16.7 Å². The van der Waals surface area contributed by atoms with Crippen LogP contribution in [0.3, 0.4) is 0 Å². The Kier molecular flexibility index (Phi) is 5.55. The molecular weight excluding hydrogens is 363 g/mol. The van der Waals surface area contributed by atoms with Crippen LogP contribution in [0.25, 0.3) is 10.9 Å². The van der Waals surface area contributed by atoms with Crippen molar-refractivity contribution in [1.29, 1.82) is 0 Å². The standard InChI is InChI=1S/C25H29FN2O/c1-4-21(29)14-19(18-6-8-20(26)9-7-18)15-28-24-10-5-17(2)13-22(24)23-16-27(3)12-11-25(23)28/h5-10,13,19H,4,11-12,14-16H2,1-3H3. The number of hydrogen-bond donors (Lipinski definition) is 0. The van der Waals surface area contributed by atoms with Crippen LogP contribution in [0.1, 0.15) is 48.1 Å². The lowest BCUT2D eigenvalue weighted by atomic mass is 9.92. The molecular formula is C25H29FN2O. The average molecular weight is 393 g/mol. The molecule has 1 aromatic heterocycles. The van der Waals surface area contributed by atoms with Crippen LogP contribution in [-0.2, 0) is 24.3 Å². The highest BCUT2D eigenvalue weighted by Gasteiger charge is 2.25. The van der Waals surface area contributed by atoms with Crippen molar-refractivity contribution in [1.82, 2.24) is 9.47 Å². The molecule has 0 spiro atoms. The molecule has 29 heavy (non-hydrogen) atoms. The van der Waals surface area contributed by atoms with E-state index in [0.717, 1.165) is 31.6 Å². The predicted octanol–water partition coefficient (Wildman–Crippen LogP) is 5.23. The second-order valence-electron chi connectivity index (χ2n) is 8.39. The highest BCUT2D eigenvalue weighted by molar-refractivity contribution is 5.86. The van der Waals surface area contributed by atoms with Crippen LogP contribution in [-0.4, -0.2) is 28.8 Å². The van der Waals surface area contributed by atoms with Gasteiger partial charge in [0.1, 0.15) is 11.6 Å². The largest absolute Gasteiger partial charge is 0.344 e. The van der Waals surface area contributed by atoms with Gasteiger partial charge in [0.15, 0.2) is 0 Å². The minimum Gasteiger partial charge on any atom is -0.344 e. The van der Waals surface area contributed by atoms with Gasteiger partial charge in [-0.2, -0.15) is 0 Å². The predicted molar refractivity (Wildman–Crippen MR) is 116 cm³/mol. The van der Waals surface area contributed by atoms with E-state index < -0.39 is 0 Å². The number of halogens is 1. The van der Waals surface area contributed by atoms with Crippen LogP contribution < -0.4 is 0 Å². The van der Waals surface area contributed by atoms with Crippen molar-refractivity contribution in [3.63, 3.8) is 0 Å². The number of rotatable bonds is 6. The van der Waals surface area contributed by atoms with Crippen LogP contribution in [0, 0.1) is 12.7 Å². The summed E-state index contributed by atoms with van der Waals surface area (Å²) in [5.74, 6) is 0.0561. The average Bonchev–Trinajstić information content (AvgIpc) is 3.00. The fourth-order valence-electron chi connectivity index (χ4n) is 4.57. The second kappa shape index (κ2) is 8.11. The van der Waals surface area contributed by atoms with Gasteiger partial charge in [-0.05, 0) is 49.4 Å². The molecule has 0 saturated carbocycles. The van der Waals surface area contributed by atoms with E-state index in [9.17, 15) is 9.18 Å². The van der Waals surface area contributed by atoms with E-state index in [1.165, 1.54) is 39.9 Å². The Balaban J connectivity index is 1.79. The molecule has 3 nitrogen and oxygen atoms in total. The number of carbonyl (C=O) groups excluding carboxylic acids is 1. The summed E-state index contributed by atoms with van der Waals surface area (Å²) in [6.45, 7) is 6.79. The summed E-state index contributed by atoms with van der Waals surface area (Å²) >= 11 is 0. The molecule has 152 valence electrons. The summed E-state index contributed by atoms with van der Waals surface area (Å²) in [5, 5.41) is 1.33. The molecule has 0 radical (unpaired) electrons. The van der Waals surface area contributed by atoms with Gasteiger partial charge in [0.05, 0.1) is 0 Å². The van der Waals surface area contributed by atoms with Crippen molar-refractivity contribution in [2.45, 2.75) is 52.1 Å². The number of aryl methyl sites for hydroxylation is 1. The van der Waals surface area contributed by atoms with Crippen molar-refractivity contribution in [3.05, 3.63) is 70.7 Å². The van der Waals surface area contributed by atoms with Gasteiger partial charge < -0.3 is 9.47 Å². The number of fused-ring (bicyclic) bond motifs is 3. The summed E-state index contributed by atoms with van der Waals surface area (Å²) in [7, 11) is 2.17. The number of likely N-dealkylation sites (N-methyl/N-ethyl adjacent to an activating group) is 1. The third-order valence-corrected chi connectivity index (χ3v) is 6.21. The van der Waals surface area contributed by atoms with Gasteiger partial charge in [-0.25, -0.2) is 4.39 Å². The summed E-state index contributed by atoms with van der Waals surface area (Å²) in [5.41, 5.74) is 6.34. The normalized spacial score (nSPS) is 15.4. The maximum Gasteiger partial charge on any atom is 0.133 e. The van der Waals surface area contributed by atoms with Gasteiger partial charge in [-0.15, -0.1) is 0 Å². The third kappa shape index (κ3) is 3.99. The van der Waals surface area contributed by atoms with Gasteiger partial charge >= 0.3 is 0 Å². The molecule has 0 bridgehead atoms. The SMILES string of the molecule is CCC(=O)CC(Cn1c2c(c3cc(C)ccc31)CN(C)CC2)c1ccc(F)cc1. The highest BCUT2D eigenvalue weighted by atomic mass is 19.1. The first kappa shape index (κ1) is 19.8. The van der Waals surface area contributed by atoms with Crippen molar-refractivity contribution in [3.8, 4) is 0 Å². The number of benzene rings is 2. The Morgan fingerprint density at radius 1 is 1.17 bits per heavy atom. The summed E-state index contributed by atoms with van der Waals surface area (Å²) in [4.78, 5) is 14.7. The number of hydrogen-bond acceptors (Lipinski definition) is 2. The number of ketones is 1. The lowest BCUT2D eigenvalue weighted by molar-refractivity contribution is -0.119. The highest BCUT2D eigenvalue weighted by Crippen LogP contribution is 2.34. The lowest BCUT2D eigenvalue weighted by Crippen LogP contribution is -2.28. The quantitative estimate of drug-likeness (QED) is 0.574. The molecule has 4 rings (SSSR count). The maximum atomic E-state index is 13.5. The van der Waals surface area contributed by atoms with Crippen molar-refractivity contribution in [2.24, 2.45) is 0 Å². The van der Waals surface area contributed by atoms with E-state index in [4.69, 9.17) is 0 Å². The van der Waals surface area contributed by atoms with Gasteiger partial charge in [-0.3, -0.25) is 4.79 Å². The number of aromatic nitrogens is 1. The van der Waals surface area contributed by atoms with Crippen LogP contribution in [0.15, 0.2) is 42.5 Å². The van der Waals surface area contributed by atoms with Crippen molar-refractivity contribution in [2.75, 3.05) is 13.6 Å². The molecule has 1 atom stereocenters. The molecule has 2 aromatic carbocycles. The van der Waals surface area contributed by atoms with Crippen LogP contribution in [0.4, 0.5) is 4.39 Å². The van der Waals surface area contributed by atoms with Gasteiger partial charge in [0.25, 0.3) is 0 Å². The molecule has 2 heterocycles. The molecule has 1 aliphatic rings. The van der Waals surface area contributed by atoms with Crippen molar-refractivity contribution < 1.29 is 9.18 Å². The molecule has 0 N–H and O–H groups in total. The monoisotopic (exact) mass is 392 g/mol. The third-order valence-electron chi connectivity index (χ3n) is 6.21. The van der Waals surface area contributed by atoms with E-state index in [0.29, 0.717) is 12.8 Å². The van der Waals surface area contributed by atoms with E-state index in [1.807, 2.05) is 19.1 Å². The van der Waals surface area contributed by atoms with E-state index >= 15 is 0 Å². The first-order valence-electron chi connectivity index (χ1n) is 10.5. The van der Waals surface area contributed by atoms with Crippen LogP contribution >= 0.6 is 0 Å². The number of carbonyl (C=O) groups is 1. The number of Topliss-reactive ketones (excluding diaryl/α,β-unsaturated/α-hetero) is 1. The van der Waals surface area contributed by atoms with Crippen LogP contribution in [0.5, 0.6) is 0 Å². The van der Waals surface area contributed by atoms with Crippen LogP contribution in [0.2, 0.25) is 0 Å². The van der Waals surface area contributed by atoms with Gasteiger partial charge in [0, 0.05) is 61.4 Å². The molecule has 0 amide bonds. The lowest BCUT2D eigenvalue weighted by Gasteiger charge is -2.26. The summed E-state index contributed by atoms with van der Waals surface area (Å²) in [6, 6.07) is 13.3. The Morgan fingerprint density at radius 2 is 1.93 bits per heavy atom. The van der Waals surface area contributed by atoms with E-state index in [-0.39, 0.29) is 17.5 Å². The Bertz CT molecular complexity index is 1040. The molecule has 3 aromatic rings. The smallest absolute Gasteiger partial charge is 0.133 e. The first-order valence-corrected chi connectivity index (χ1v) is 10.5. The van der Waals surface area contributed by atoms with E-state index in [2.05, 4.69) is 41.6 Å². The molecule has 0 fully saturated rings. The molecule has 1 aliphatic heterocycles. The first-order chi connectivity index (χ1) is 14.0. The Morgan fingerprint density at radius 3 is 2.66 bits per heavy atom. The molecule has 1 unspecified atom stereocenters. The summed E-state index contributed by atoms with van der Waals surface area (Å²) in [6.07, 6.45) is 2.03. The Labute approximate surface area is 172 Å². The molecule has 0 aliphatic carbocycles. The topological polar surface area (TPSA) is 25.2 Å². The van der Waals surface area contributed by atoms with E-state index in [1.54, 1.807) is 0 Å². The number of nitrogens with zero attached hydrogens (tertiary/aromatic N) is 2. The zero-order valence-corrected chi connectivity index (χ0v) is 17.5. The second-order valence-corrected chi connectivity index (χ2v) is 8.39. The fraction of sp³-hybridized carbons (Fsp3) is 0.400. The summed E-state index contributed by atoms with van der Waals surface area (Å²) < 4.78 is 15.9. The molecule has 4 heteroatoms. The zero-order valence-electron chi connectivity index (χ0n) is 17.5. The maximum absolute atomic E-state index is 13.5.